The van der Waals surface area contributed by atoms with E-state index < -0.39 is 0 Å². The summed E-state index contributed by atoms with van der Waals surface area (Å²) >= 11 is 0. The van der Waals surface area contributed by atoms with Gasteiger partial charge in [0.05, 0.1) is 6.61 Å². The monoisotopic (exact) mass is 172 g/mol. The number of hydrogen-bond donors (Lipinski definition) is 0. The second kappa shape index (κ2) is 3.48. The molecule has 0 heterocycles. The molecule has 0 unspecified atom stereocenters. The summed E-state index contributed by atoms with van der Waals surface area (Å²) in [6.07, 6.45) is 0. The van der Waals surface area contributed by atoms with Gasteiger partial charge in [-0.2, -0.15) is 0 Å². The van der Waals surface area contributed by atoms with Crippen molar-refractivity contribution in [2.24, 2.45) is 0 Å². The Hall–Kier alpha value is -1.50. The number of hydrogen-bond acceptors (Lipinski definition) is 1. The molecule has 0 aromatic carbocycles. The summed E-state index contributed by atoms with van der Waals surface area (Å²) in [4.78, 5) is 0. The highest BCUT2D eigenvalue weighted by Crippen LogP contribution is 2.29. The van der Waals surface area contributed by atoms with Crippen LogP contribution in [-0.2, 0) is 0 Å². The van der Waals surface area contributed by atoms with E-state index in [0.717, 1.165) is 12.4 Å². The summed E-state index contributed by atoms with van der Waals surface area (Å²) in [6, 6.07) is 14.4. The third kappa shape index (κ3) is 1.64. The lowest BCUT2D eigenvalue weighted by Gasteiger charge is -1.95. The number of ether oxygens (including phenoxy) is 1. The molecule has 0 amide bonds. The molecular formula is C12H12O. The van der Waals surface area contributed by atoms with E-state index >= 15 is 0 Å². The Morgan fingerprint density at radius 3 is 2.15 bits per heavy atom. The van der Waals surface area contributed by atoms with Gasteiger partial charge in [-0.05, 0) is 30.2 Å². The highest BCUT2D eigenvalue weighted by molar-refractivity contribution is 5.69. The molecule has 2 aliphatic rings. The molecule has 0 saturated carbocycles. The fraction of sp³-hybridized carbons (Fsp3) is 0.167. The Balaban J connectivity index is 2.45. The first-order valence-electron chi connectivity index (χ1n) is 4.52. The van der Waals surface area contributed by atoms with E-state index in [1.165, 1.54) is 11.1 Å². The van der Waals surface area contributed by atoms with Crippen LogP contribution in [0.3, 0.4) is 0 Å². The van der Waals surface area contributed by atoms with E-state index in [9.17, 15) is 0 Å². The average molecular weight is 172 g/mol. The molecular weight excluding hydrogens is 160 g/mol. The van der Waals surface area contributed by atoms with Gasteiger partial charge in [0.15, 0.2) is 0 Å². The molecule has 2 aliphatic carbocycles. The van der Waals surface area contributed by atoms with E-state index in [1.807, 2.05) is 25.1 Å². The molecule has 66 valence electrons. The minimum Gasteiger partial charge on any atom is -0.494 e. The van der Waals surface area contributed by atoms with Crippen molar-refractivity contribution in [3.05, 3.63) is 42.5 Å². The van der Waals surface area contributed by atoms with E-state index in [4.69, 9.17) is 4.74 Å². The lowest BCUT2D eigenvalue weighted by Crippen LogP contribution is -1.87. The summed E-state index contributed by atoms with van der Waals surface area (Å²) in [6.45, 7) is 2.72. The standard InChI is InChI=1S/C12H12O/c1-2-13-12-8-10-6-4-3-5-7-11(10)9-12/h3-9H,2H2,1H3. The van der Waals surface area contributed by atoms with Gasteiger partial charge in [0, 0.05) is 0 Å². The molecule has 2 rings (SSSR count). The van der Waals surface area contributed by atoms with Gasteiger partial charge in [0.2, 0.25) is 0 Å². The molecule has 0 radical (unpaired) electrons. The quantitative estimate of drug-likeness (QED) is 0.676. The Morgan fingerprint density at radius 1 is 1.00 bits per heavy atom. The number of fused-ring (bicyclic) bond motifs is 1. The predicted octanol–water partition coefficient (Wildman–Crippen LogP) is 3.19. The molecule has 0 N–H and O–H groups in total. The van der Waals surface area contributed by atoms with Crippen molar-refractivity contribution in [1.29, 1.82) is 0 Å². The van der Waals surface area contributed by atoms with Crippen LogP contribution in [0.4, 0.5) is 0 Å². The molecule has 0 aromatic rings. The summed E-state index contributed by atoms with van der Waals surface area (Å²) in [5.74, 6) is 0.962. The maximum Gasteiger partial charge on any atom is 0.120 e. The fourth-order valence-electron chi connectivity index (χ4n) is 1.44. The number of rotatable bonds is 2. The van der Waals surface area contributed by atoms with Crippen LogP contribution in [-0.4, -0.2) is 6.61 Å². The van der Waals surface area contributed by atoms with Gasteiger partial charge >= 0.3 is 0 Å². The second-order valence-electron chi connectivity index (χ2n) is 2.95. The van der Waals surface area contributed by atoms with Crippen molar-refractivity contribution in [3.63, 3.8) is 0 Å². The molecule has 0 aliphatic heterocycles. The lowest BCUT2D eigenvalue weighted by atomic mass is 10.2. The van der Waals surface area contributed by atoms with Crippen LogP contribution >= 0.6 is 0 Å². The second-order valence-corrected chi connectivity index (χ2v) is 2.95. The van der Waals surface area contributed by atoms with Gasteiger partial charge in [0.1, 0.15) is 5.75 Å². The predicted molar refractivity (Wildman–Crippen MR) is 54.2 cm³/mol. The third-order valence-electron chi connectivity index (χ3n) is 2.01. The minimum atomic E-state index is 0.725. The van der Waals surface area contributed by atoms with Gasteiger partial charge in [-0.1, -0.05) is 30.3 Å². The van der Waals surface area contributed by atoms with E-state index in [0.29, 0.717) is 0 Å². The van der Waals surface area contributed by atoms with Gasteiger partial charge in [-0.15, -0.1) is 0 Å². The largest absolute Gasteiger partial charge is 0.494 e. The van der Waals surface area contributed by atoms with Crippen LogP contribution < -0.4 is 4.74 Å². The van der Waals surface area contributed by atoms with Crippen LogP contribution in [0, 0.1) is 0 Å². The summed E-state index contributed by atoms with van der Waals surface area (Å²) < 4.78 is 5.42. The van der Waals surface area contributed by atoms with Crippen LogP contribution in [0.5, 0.6) is 5.75 Å². The average Bonchev–Trinajstić information content (AvgIpc) is 2.37. The molecule has 1 heteroatoms. The van der Waals surface area contributed by atoms with Crippen molar-refractivity contribution in [3.8, 4) is 16.9 Å². The van der Waals surface area contributed by atoms with Crippen molar-refractivity contribution >= 4 is 0 Å². The van der Waals surface area contributed by atoms with Crippen molar-refractivity contribution in [1.82, 2.24) is 0 Å². The topological polar surface area (TPSA) is 9.23 Å². The molecule has 13 heavy (non-hydrogen) atoms. The zero-order chi connectivity index (χ0) is 9.10. The van der Waals surface area contributed by atoms with E-state index in [-0.39, 0.29) is 0 Å². The van der Waals surface area contributed by atoms with Crippen LogP contribution in [0.2, 0.25) is 0 Å². The van der Waals surface area contributed by atoms with Gasteiger partial charge in [0.25, 0.3) is 0 Å². The first-order chi connectivity index (χ1) is 6.40. The smallest absolute Gasteiger partial charge is 0.120 e. The Labute approximate surface area is 78.3 Å². The molecule has 0 saturated heterocycles. The van der Waals surface area contributed by atoms with Crippen LogP contribution in [0.25, 0.3) is 11.1 Å². The van der Waals surface area contributed by atoms with Gasteiger partial charge < -0.3 is 4.74 Å². The molecule has 0 aromatic heterocycles. The maximum atomic E-state index is 5.42. The van der Waals surface area contributed by atoms with Gasteiger partial charge in [-0.25, -0.2) is 0 Å². The summed E-state index contributed by atoms with van der Waals surface area (Å²) in [7, 11) is 0. The van der Waals surface area contributed by atoms with E-state index in [1.54, 1.807) is 0 Å². The molecule has 0 bridgehead atoms. The van der Waals surface area contributed by atoms with Crippen LogP contribution in [0.15, 0.2) is 42.5 Å². The third-order valence-corrected chi connectivity index (χ3v) is 2.01. The van der Waals surface area contributed by atoms with Crippen LogP contribution in [0.1, 0.15) is 6.92 Å². The zero-order valence-electron chi connectivity index (χ0n) is 7.66. The lowest BCUT2D eigenvalue weighted by molar-refractivity contribution is 0.341. The fourth-order valence-corrected chi connectivity index (χ4v) is 1.44. The van der Waals surface area contributed by atoms with Crippen molar-refractivity contribution in [2.75, 3.05) is 6.61 Å². The van der Waals surface area contributed by atoms with E-state index in [2.05, 4.69) is 24.3 Å². The molecule has 0 spiro atoms. The SMILES string of the molecule is CCOc1cc2cccccc-2c1. The summed E-state index contributed by atoms with van der Waals surface area (Å²) in [5, 5.41) is 0. The summed E-state index contributed by atoms with van der Waals surface area (Å²) in [5.41, 5.74) is 2.46. The highest BCUT2D eigenvalue weighted by atomic mass is 16.5. The van der Waals surface area contributed by atoms with Crippen molar-refractivity contribution in [2.45, 2.75) is 6.92 Å². The molecule has 0 atom stereocenters. The maximum absolute atomic E-state index is 5.42. The zero-order valence-corrected chi connectivity index (χ0v) is 7.66. The Morgan fingerprint density at radius 2 is 1.62 bits per heavy atom. The Kier molecular flexibility index (Phi) is 2.17. The Bertz CT molecular complexity index is 337. The minimum absolute atomic E-state index is 0.725. The van der Waals surface area contributed by atoms with Crippen molar-refractivity contribution < 1.29 is 4.74 Å². The molecule has 1 nitrogen and oxygen atoms in total. The molecule has 0 fully saturated rings. The normalized spacial score (nSPS) is 10.2. The first kappa shape index (κ1) is 8.11. The first-order valence-corrected chi connectivity index (χ1v) is 4.52. The highest BCUT2D eigenvalue weighted by Gasteiger charge is 2.03. The van der Waals surface area contributed by atoms with Gasteiger partial charge in [-0.3, -0.25) is 0 Å².